The van der Waals surface area contributed by atoms with Gasteiger partial charge in [0.05, 0.1) is 46.3 Å². The van der Waals surface area contributed by atoms with E-state index in [1.54, 1.807) is 12.5 Å². The van der Waals surface area contributed by atoms with Crippen LogP contribution in [0.1, 0.15) is 122 Å². The lowest BCUT2D eigenvalue weighted by Crippen LogP contribution is -2.37. The zero-order chi connectivity index (χ0) is 28.0. The quantitative estimate of drug-likeness (QED) is 0.0673. The molecule has 8 heteroatoms. The molecule has 0 amide bonds. The van der Waals surface area contributed by atoms with E-state index in [-0.39, 0.29) is 18.8 Å². The molecule has 7 nitrogen and oxygen atoms in total. The van der Waals surface area contributed by atoms with Gasteiger partial charge < -0.3 is 23.2 Å². The highest BCUT2D eigenvalue weighted by Gasteiger charge is 2.23. The van der Waals surface area contributed by atoms with E-state index in [4.69, 9.17) is 9.26 Å². The Kier molecular flexibility index (Phi) is 20.5. The molecule has 0 spiro atoms. The van der Waals surface area contributed by atoms with Crippen molar-refractivity contribution in [2.45, 2.75) is 122 Å². The van der Waals surface area contributed by atoms with E-state index in [0.717, 1.165) is 13.0 Å². The molecule has 0 aliphatic heterocycles. The predicted molar refractivity (Wildman–Crippen MR) is 160 cm³/mol. The van der Waals surface area contributed by atoms with Gasteiger partial charge in [-0.3, -0.25) is 4.57 Å². The molecule has 1 N–H and O–H groups in total. The van der Waals surface area contributed by atoms with E-state index < -0.39 is 7.60 Å². The highest BCUT2D eigenvalue weighted by atomic mass is 31.2. The standard InChI is InChI=1S/C30H60N3O4P/c1-5-6-7-8-9-10-11-12-13-14-15-16-17-18-19-20-25-36-28-30(32-23-22-31-29-32)21-27-38(34,35)37-26-24-33(2,3)4/h22-23,29-30H,5-21,24-28H2,1-4H3/p+1. The molecule has 224 valence electrons. The van der Waals surface area contributed by atoms with Crippen molar-refractivity contribution in [1.29, 1.82) is 0 Å². The fraction of sp³-hybridized carbons (Fsp3) is 0.900. The largest absolute Gasteiger partial charge is 0.379 e. The van der Waals surface area contributed by atoms with Crippen molar-refractivity contribution < 1.29 is 23.2 Å². The summed E-state index contributed by atoms with van der Waals surface area (Å²) >= 11 is 0. The second-order valence-corrected chi connectivity index (χ2v) is 14.0. The van der Waals surface area contributed by atoms with E-state index >= 15 is 0 Å². The molecule has 0 bridgehead atoms. The molecule has 0 aliphatic rings. The zero-order valence-electron chi connectivity index (χ0n) is 25.3. The highest BCUT2D eigenvalue weighted by molar-refractivity contribution is 7.52. The SMILES string of the molecule is CCCCCCCCCCCCCCCCCCOCC(CCP(=O)(O)OCC[N+](C)(C)C)n1ccnc1. The summed E-state index contributed by atoms with van der Waals surface area (Å²) in [5.74, 6) is 0. The molecule has 1 rings (SSSR count). The van der Waals surface area contributed by atoms with Gasteiger partial charge in [0.15, 0.2) is 0 Å². The summed E-state index contributed by atoms with van der Waals surface area (Å²) < 4.78 is 26.5. The van der Waals surface area contributed by atoms with Crippen LogP contribution in [-0.2, 0) is 13.8 Å². The van der Waals surface area contributed by atoms with Gasteiger partial charge in [0.1, 0.15) is 13.2 Å². The average molecular weight is 559 g/mol. The Morgan fingerprint density at radius 2 is 1.37 bits per heavy atom. The molecular formula is C30H61N3O4P+. The number of ether oxygens (including phenoxy) is 1. The molecule has 0 fully saturated rings. The number of rotatable bonds is 27. The van der Waals surface area contributed by atoms with Crippen molar-refractivity contribution in [3.63, 3.8) is 0 Å². The summed E-state index contributed by atoms with van der Waals surface area (Å²) in [5, 5.41) is 0. The minimum Gasteiger partial charge on any atom is -0.379 e. The predicted octanol–water partition coefficient (Wildman–Crippen LogP) is 8.00. The minimum absolute atomic E-state index is 0.0129. The number of unbranched alkanes of at least 4 members (excludes halogenated alkanes) is 15. The first-order valence-corrected chi connectivity index (χ1v) is 17.3. The van der Waals surface area contributed by atoms with E-state index in [0.29, 0.717) is 24.1 Å². The second-order valence-electron chi connectivity index (χ2n) is 12.0. The van der Waals surface area contributed by atoms with Crippen LogP contribution in [0.4, 0.5) is 0 Å². The number of quaternary nitrogens is 1. The van der Waals surface area contributed by atoms with Crippen LogP contribution in [-0.4, -0.2) is 72.6 Å². The lowest BCUT2D eigenvalue weighted by atomic mass is 10.0. The van der Waals surface area contributed by atoms with Crippen LogP contribution in [0.25, 0.3) is 0 Å². The van der Waals surface area contributed by atoms with Crippen LogP contribution in [0.5, 0.6) is 0 Å². The molecule has 1 heterocycles. The molecule has 1 aromatic heterocycles. The van der Waals surface area contributed by atoms with Crippen molar-refractivity contribution in [1.82, 2.24) is 9.55 Å². The van der Waals surface area contributed by atoms with Crippen molar-refractivity contribution in [3.05, 3.63) is 18.7 Å². The van der Waals surface area contributed by atoms with Crippen molar-refractivity contribution in [3.8, 4) is 0 Å². The van der Waals surface area contributed by atoms with Crippen molar-refractivity contribution in [2.24, 2.45) is 0 Å². The van der Waals surface area contributed by atoms with Gasteiger partial charge in [-0.2, -0.15) is 0 Å². The number of hydrogen-bond acceptors (Lipinski definition) is 4. The number of imidazole rings is 1. The van der Waals surface area contributed by atoms with Crippen molar-refractivity contribution in [2.75, 3.05) is 53.7 Å². The normalized spacial score (nSPS) is 14.6. The van der Waals surface area contributed by atoms with Crippen LogP contribution in [0.3, 0.4) is 0 Å². The third-order valence-corrected chi connectivity index (χ3v) is 8.61. The first-order valence-electron chi connectivity index (χ1n) is 15.6. The summed E-state index contributed by atoms with van der Waals surface area (Å²) in [5.41, 5.74) is 0. The number of hydrogen-bond donors (Lipinski definition) is 1. The third kappa shape index (κ3) is 21.1. The van der Waals surface area contributed by atoms with E-state index in [2.05, 4.69) is 11.9 Å². The summed E-state index contributed by atoms with van der Waals surface area (Å²) in [6.45, 7) is 4.51. The van der Waals surface area contributed by atoms with Gasteiger partial charge in [-0.25, -0.2) is 4.98 Å². The zero-order valence-corrected chi connectivity index (χ0v) is 26.2. The Hall–Kier alpha value is -0.720. The summed E-state index contributed by atoms with van der Waals surface area (Å²) in [6.07, 6.45) is 27.8. The Balaban J connectivity index is 2.04. The van der Waals surface area contributed by atoms with Crippen LogP contribution >= 0.6 is 7.60 Å². The molecule has 38 heavy (non-hydrogen) atoms. The maximum absolute atomic E-state index is 12.5. The first kappa shape index (κ1) is 35.3. The Morgan fingerprint density at radius 1 is 0.842 bits per heavy atom. The van der Waals surface area contributed by atoms with E-state index in [1.165, 1.54) is 96.3 Å². The molecule has 0 aromatic carbocycles. The van der Waals surface area contributed by atoms with Gasteiger partial charge >= 0.3 is 7.60 Å². The van der Waals surface area contributed by atoms with Gasteiger partial charge in [-0.15, -0.1) is 0 Å². The molecule has 0 aliphatic carbocycles. The number of nitrogens with zero attached hydrogens (tertiary/aromatic N) is 3. The fourth-order valence-electron chi connectivity index (χ4n) is 4.61. The first-order chi connectivity index (χ1) is 18.2. The topological polar surface area (TPSA) is 73.6 Å². The van der Waals surface area contributed by atoms with Gasteiger partial charge in [-0.1, -0.05) is 103 Å². The molecule has 0 saturated carbocycles. The Labute approximate surface area is 234 Å². The molecule has 0 saturated heterocycles. The molecule has 1 aromatic rings. The molecule has 0 radical (unpaired) electrons. The Bertz CT molecular complexity index is 694. The summed E-state index contributed by atoms with van der Waals surface area (Å²) in [6, 6.07) is -0.0129. The average Bonchev–Trinajstić information content (AvgIpc) is 3.39. The lowest BCUT2D eigenvalue weighted by molar-refractivity contribution is -0.870. The van der Waals surface area contributed by atoms with E-state index in [9.17, 15) is 9.46 Å². The van der Waals surface area contributed by atoms with Gasteiger partial charge in [0.2, 0.25) is 0 Å². The maximum Gasteiger partial charge on any atom is 0.328 e. The summed E-state index contributed by atoms with van der Waals surface area (Å²) in [7, 11) is 2.51. The van der Waals surface area contributed by atoms with Gasteiger partial charge in [0, 0.05) is 19.0 Å². The monoisotopic (exact) mass is 558 g/mol. The van der Waals surface area contributed by atoms with Crippen molar-refractivity contribution >= 4 is 7.60 Å². The van der Waals surface area contributed by atoms with Gasteiger partial charge in [0.25, 0.3) is 0 Å². The Morgan fingerprint density at radius 3 is 1.84 bits per heavy atom. The van der Waals surface area contributed by atoms with Crippen LogP contribution in [0.15, 0.2) is 18.7 Å². The van der Waals surface area contributed by atoms with Crippen LogP contribution in [0, 0.1) is 0 Å². The number of likely N-dealkylation sites (N-methyl/N-ethyl adjacent to an activating group) is 1. The van der Waals surface area contributed by atoms with Crippen LogP contribution in [0.2, 0.25) is 0 Å². The fourth-order valence-corrected chi connectivity index (χ4v) is 5.73. The third-order valence-electron chi connectivity index (χ3n) is 7.20. The number of aromatic nitrogens is 2. The molecule has 2 atom stereocenters. The molecule has 2 unspecified atom stereocenters. The lowest BCUT2D eigenvalue weighted by Gasteiger charge is -2.24. The summed E-state index contributed by atoms with van der Waals surface area (Å²) in [4.78, 5) is 14.4. The minimum atomic E-state index is -3.61. The van der Waals surface area contributed by atoms with E-state index in [1.807, 2.05) is 31.9 Å². The smallest absolute Gasteiger partial charge is 0.328 e. The van der Waals surface area contributed by atoms with Gasteiger partial charge in [-0.05, 0) is 12.8 Å². The highest BCUT2D eigenvalue weighted by Crippen LogP contribution is 2.43. The van der Waals surface area contributed by atoms with Crippen LogP contribution < -0.4 is 0 Å². The second kappa shape index (κ2) is 22.0. The maximum atomic E-state index is 12.5. The molecular weight excluding hydrogens is 497 g/mol.